The van der Waals surface area contributed by atoms with Crippen LogP contribution in [0.1, 0.15) is 78.7 Å². The molecule has 5 heterocycles. The fourth-order valence-corrected chi connectivity index (χ4v) is 11.6. The number of fused-ring (bicyclic) bond motifs is 2. The number of aromatic carboxylic acids is 1. The molecule has 0 amide bonds. The lowest BCUT2D eigenvalue weighted by molar-refractivity contribution is -0.197. The van der Waals surface area contributed by atoms with E-state index in [1.807, 2.05) is 48.4 Å². The minimum absolute atomic E-state index is 0.00203. The molecule has 1 aliphatic heterocycles. The second kappa shape index (κ2) is 14.8. The molecule has 5 aromatic rings. The number of para-hydroxylation sites is 1. The summed E-state index contributed by atoms with van der Waals surface area (Å²) in [5, 5.41) is 38.0. The number of carbonyl (C=O) groups is 1. The minimum Gasteiger partial charge on any atom is -0.476 e. The van der Waals surface area contributed by atoms with E-state index < -0.39 is 5.97 Å². The molecule has 0 radical (unpaired) electrons. The average Bonchev–Trinajstić information content (AvgIpc) is 3.75. The van der Waals surface area contributed by atoms with Gasteiger partial charge in [-0.1, -0.05) is 23.5 Å². The molecule has 294 valence electrons. The van der Waals surface area contributed by atoms with Gasteiger partial charge in [-0.3, -0.25) is 4.68 Å². The first-order chi connectivity index (χ1) is 27.1. The van der Waals surface area contributed by atoms with Gasteiger partial charge in [0.25, 0.3) is 0 Å². The Morgan fingerprint density at radius 3 is 2.66 bits per heavy atom. The third kappa shape index (κ3) is 6.94. The van der Waals surface area contributed by atoms with E-state index in [9.17, 15) is 15.0 Å². The van der Waals surface area contributed by atoms with E-state index in [1.54, 1.807) is 11.3 Å². The van der Waals surface area contributed by atoms with Gasteiger partial charge < -0.3 is 30.1 Å². The summed E-state index contributed by atoms with van der Waals surface area (Å²) >= 11 is 1.58. The summed E-state index contributed by atoms with van der Waals surface area (Å²) in [5.41, 5.74) is 5.36. The Bertz CT molecular complexity index is 2220. The van der Waals surface area contributed by atoms with Crippen LogP contribution in [0.2, 0.25) is 0 Å². The number of hydrogen-bond acceptors (Lipinski definition) is 12. The zero-order chi connectivity index (χ0) is 38.6. The fraction of sp³-hybridized carbons (Fsp3) is 0.524. The van der Waals surface area contributed by atoms with Gasteiger partial charge in [0, 0.05) is 60.7 Å². The molecule has 4 fully saturated rings. The van der Waals surface area contributed by atoms with Crippen molar-refractivity contribution < 1.29 is 19.7 Å². The summed E-state index contributed by atoms with van der Waals surface area (Å²) in [5.74, 6) is 2.17. The summed E-state index contributed by atoms with van der Waals surface area (Å²) in [4.78, 5) is 26.6. The molecule has 1 aromatic carbocycles. The molecule has 56 heavy (non-hydrogen) atoms. The highest BCUT2D eigenvalue weighted by Crippen LogP contribution is 2.63. The number of aliphatic hydroxyl groups is 1. The maximum absolute atomic E-state index is 12.9. The van der Waals surface area contributed by atoms with Gasteiger partial charge in [-0.25, -0.2) is 14.8 Å². The van der Waals surface area contributed by atoms with Crippen molar-refractivity contribution in [2.24, 2.45) is 17.3 Å². The Morgan fingerprint density at radius 2 is 1.88 bits per heavy atom. The van der Waals surface area contributed by atoms with Crippen molar-refractivity contribution in [1.29, 1.82) is 0 Å². The molecule has 4 aliphatic carbocycles. The van der Waals surface area contributed by atoms with Crippen LogP contribution in [-0.2, 0) is 17.7 Å². The lowest BCUT2D eigenvalue weighted by Gasteiger charge is -2.61. The standard InChI is InChI=1S/C42H51N9O4S/c1-26-30-8-6-14-50(38(30)48-47-37(26)46-40-44-33-9-4-5-10-34(33)56-40)35-12-11-31(36(45-35)39(53)54)32-23-43-51(27(32)2)25-41-19-28-18-29(20-41)22-42(21-28,24-41)55-17-15-49(3)13-7-16-52/h4-5,9-12,23,28-29,52H,6-8,13-22,24-25H2,1-3H3,(H,53,54)(H,44,46,47). The molecule has 4 bridgehead atoms. The maximum Gasteiger partial charge on any atom is 0.355 e. The SMILES string of the molecule is Cc1c(Nc2nc3ccccc3s2)nnc2c1CCCN2c1ccc(-c2cnn(CC34CC5CC(C3)CC(OCCN(C)CCCO)(C5)C4)c2C)c(C(=O)O)n1. The summed E-state index contributed by atoms with van der Waals surface area (Å²) in [6.45, 7) is 8.22. The monoisotopic (exact) mass is 777 g/mol. The highest BCUT2D eigenvalue weighted by molar-refractivity contribution is 7.22. The van der Waals surface area contributed by atoms with Crippen molar-refractivity contribution >= 4 is 50.1 Å². The predicted molar refractivity (Wildman–Crippen MR) is 217 cm³/mol. The lowest BCUT2D eigenvalue weighted by atomic mass is 9.48. The van der Waals surface area contributed by atoms with Gasteiger partial charge in [0.05, 0.1) is 28.6 Å². The zero-order valence-electron chi connectivity index (χ0n) is 32.5. The molecular weight excluding hydrogens is 727 g/mol. The fourth-order valence-electron chi connectivity index (χ4n) is 10.7. The summed E-state index contributed by atoms with van der Waals surface area (Å²) in [7, 11) is 2.10. The molecule has 4 aromatic heterocycles. The Kier molecular flexibility index (Phi) is 9.79. The predicted octanol–water partition coefficient (Wildman–Crippen LogP) is 7.16. The zero-order valence-corrected chi connectivity index (χ0v) is 33.3. The van der Waals surface area contributed by atoms with E-state index in [0.29, 0.717) is 48.0 Å². The van der Waals surface area contributed by atoms with Crippen LogP contribution in [0, 0.1) is 31.1 Å². The van der Waals surface area contributed by atoms with Crippen LogP contribution >= 0.6 is 11.3 Å². The second-order valence-corrected chi connectivity index (χ2v) is 17.9. The van der Waals surface area contributed by atoms with Crippen LogP contribution in [0.25, 0.3) is 21.3 Å². The minimum atomic E-state index is -1.08. The van der Waals surface area contributed by atoms with Gasteiger partial charge in [-0.2, -0.15) is 5.10 Å². The topological polar surface area (TPSA) is 155 Å². The number of nitrogens with one attached hydrogen (secondary N) is 1. The highest BCUT2D eigenvalue weighted by atomic mass is 32.1. The molecule has 5 aliphatic rings. The highest BCUT2D eigenvalue weighted by Gasteiger charge is 2.58. The quantitative estimate of drug-likeness (QED) is 0.105. The van der Waals surface area contributed by atoms with Gasteiger partial charge in [-0.15, -0.1) is 10.2 Å². The number of carboxylic acid groups (broad SMARTS) is 1. The number of aliphatic hydroxyl groups excluding tert-OH is 1. The normalized spacial score (nSPS) is 24.0. The van der Waals surface area contributed by atoms with Crippen molar-refractivity contribution in [2.75, 3.05) is 50.1 Å². The molecular formula is C42H51N9O4S. The number of nitrogens with zero attached hydrogens (tertiary/aromatic N) is 8. The van der Waals surface area contributed by atoms with E-state index in [2.05, 4.69) is 45.1 Å². The molecule has 0 saturated heterocycles. The van der Waals surface area contributed by atoms with E-state index >= 15 is 0 Å². The summed E-state index contributed by atoms with van der Waals surface area (Å²) in [6, 6.07) is 11.8. The molecule has 3 N–H and O–H groups in total. The van der Waals surface area contributed by atoms with Crippen LogP contribution in [0.15, 0.2) is 42.6 Å². The third-order valence-corrected chi connectivity index (χ3v) is 13.8. The third-order valence-electron chi connectivity index (χ3n) is 12.9. The number of rotatable bonds is 14. The molecule has 13 nitrogen and oxygen atoms in total. The summed E-state index contributed by atoms with van der Waals surface area (Å²) < 4.78 is 10.0. The molecule has 0 spiro atoms. The second-order valence-electron chi connectivity index (χ2n) is 16.9. The Balaban J connectivity index is 0.940. The van der Waals surface area contributed by atoms with Gasteiger partial charge in [0.15, 0.2) is 22.5 Å². The Labute approximate surface area is 331 Å². The van der Waals surface area contributed by atoms with Crippen LogP contribution < -0.4 is 10.2 Å². The Hall–Kier alpha value is -4.50. The molecule has 4 saturated carbocycles. The van der Waals surface area contributed by atoms with Crippen LogP contribution in [0.3, 0.4) is 0 Å². The van der Waals surface area contributed by atoms with Crippen molar-refractivity contribution in [2.45, 2.75) is 83.8 Å². The number of benzene rings is 1. The van der Waals surface area contributed by atoms with Crippen molar-refractivity contribution in [3.63, 3.8) is 0 Å². The molecule has 2 atom stereocenters. The number of hydrogen-bond donors (Lipinski definition) is 3. The van der Waals surface area contributed by atoms with E-state index in [-0.39, 0.29) is 23.3 Å². The number of thiazole rings is 1. The smallest absolute Gasteiger partial charge is 0.355 e. The maximum atomic E-state index is 12.9. The number of anilines is 4. The van der Waals surface area contributed by atoms with Gasteiger partial charge in [0.2, 0.25) is 0 Å². The average molecular weight is 778 g/mol. The first-order valence-corrected chi connectivity index (χ1v) is 20.9. The van der Waals surface area contributed by atoms with E-state index in [1.165, 1.54) is 19.3 Å². The van der Waals surface area contributed by atoms with Crippen molar-refractivity contribution in [1.82, 2.24) is 34.8 Å². The number of likely N-dealkylation sites (N-methyl/N-ethyl adjacent to an activating group) is 1. The van der Waals surface area contributed by atoms with Gasteiger partial charge in [0.1, 0.15) is 5.82 Å². The summed E-state index contributed by atoms with van der Waals surface area (Å²) in [6.07, 6.45) is 11.3. The van der Waals surface area contributed by atoms with Crippen molar-refractivity contribution in [3.05, 3.63) is 65.1 Å². The lowest BCUT2D eigenvalue weighted by Crippen LogP contribution is -2.58. The Morgan fingerprint density at radius 1 is 1.05 bits per heavy atom. The first kappa shape index (κ1) is 37.1. The van der Waals surface area contributed by atoms with Gasteiger partial charge >= 0.3 is 5.97 Å². The molecule has 14 heteroatoms. The van der Waals surface area contributed by atoms with E-state index in [4.69, 9.17) is 19.8 Å². The first-order valence-electron chi connectivity index (χ1n) is 20.1. The van der Waals surface area contributed by atoms with Crippen LogP contribution in [0.5, 0.6) is 0 Å². The largest absolute Gasteiger partial charge is 0.476 e. The van der Waals surface area contributed by atoms with E-state index in [0.717, 1.165) is 95.9 Å². The number of carboxylic acids is 1. The number of ether oxygens (including phenoxy) is 1. The van der Waals surface area contributed by atoms with Crippen LogP contribution in [-0.4, -0.2) is 96.5 Å². The number of aromatic nitrogens is 6. The van der Waals surface area contributed by atoms with Gasteiger partial charge in [-0.05, 0) is 120 Å². The number of pyridine rings is 1. The molecule has 2 unspecified atom stereocenters. The van der Waals surface area contributed by atoms with Crippen LogP contribution in [0.4, 0.5) is 22.6 Å². The van der Waals surface area contributed by atoms with Crippen molar-refractivity contribution in [3.8, 4) is 11.1 Å². The molecule has 10 rings (SSSR count).